The van der Waals surface area contributed by atoms with Gasteiger partial charge in [-0.3, -0.25) is 9.59 Å². The van der Waals surface area contributed by atoms with Crippen LogP contribution in [0.2, 0.25) is 0 Å². The number of aromatic nitrogens is 3. The van der Waals surface area contributed by atoms with Crippen LogP contribution in [-0.4, -0.2) is 33.8 Å². The fourth-order valence-electron chi connectivity index (χ4n) is 4.18. The topological polar surface area (TPSA) is 80.1 Å². The van der Waals surface area contributed by atoms with Gasteiger partial charge in [0.1, 0.15) is 12.2 Å². The van der Waals surface area contributed by atoms with E-state index < -0.39 is 0 Å². The van der Waals surface area contributed by atoms with E-state index in [1.54, 1.807) is 11.3 Å². The van der Waals surface area contributed by atoms with E-state index in [1.807, 2.05) is 49.6 Å². The minimum absolute atomic E-state index is 0.169. The van der Waals surface area contributed by atoms with Crippen LogP contribution in [0.25, 0.3) is 20.8 Å². The van der Waals surface area contributed by atoms with Gasteiger partial charge < -0.3 is 10.2 Å². The summed E-state index contributed by atoms with van der Waals surface area (Å²) >= 11 is 3.08. The lowest BCUT2D eigenvalue weighted by Gasteiger charge is -2.25. The molecule has 170 valence electrons. The third kappa shape index (κ3) is 4.30. The first-order valence-electron chi connectivity index (χ1n) is 11.1. The smallest absolute Gasteiger partial charge is 0.294 e. The number of rotatable bonds is 5. The van der Waals surface area contributed by atoms with Crippen molar-refractivity contribution in [1.29, 1.82) is 0 Å². The summed E-state index contributed by atoms with van der Waals surface area (Å²) in [4.78, 5) is 34.1. The molecule has 7 nitrogen and oxygen atoms in total. The van der Waals surface area contributed by atoms with Crippen LogP contribution in [0.15, 0.2) is 40.5 Å². The number of hydrogen-bond acceptors (Lipinski definition) is 7. The molecule has 1 aliphatic rings. The summed E-state index contributed by atoms with van der Waals surface area (Å²) in [6.07, 6.45) is 3.50. The average molecular weight is 480 g/mol. The summed E-state index contributed by atoms with van der Waals surface area (Å²) in [5.41, 5.74) is 3.49. The minimum Gasteiger partial charge on any atom is -0.348 e. The number of thiophene rings is 1. The maximum atomic E-state index is 13.3. The van der Waals surface area contributed by atoms with Crippen LogP contribution in [0.3, 0.4) is 0 Å². The molecular weight excluding hydrogens is 454 g/mol. The predicted octanol–water partition coefficient (Wildman–Crippen LogP) is 4.83. The molecule has 0 unspecified atom stereocenters. The van der Waals surface area contributed by atoms with Gasteiger partial charge in [0.05, 0.1) is 9.58 Å². The van der Waals surface area contributed by atoms with Crippen LogP contribution in [-0.2, 0) is 11.3 Å². The number of piperidine rings is 1. The Morgan fingerprint density at radius 3 is 2.55 bits per heavy atom. The first kappa shape index (κ1) is 21.8. The van der Waals surface area contributed by atoms with Crippen LogP contribution in [0.1, 0.15) is 30.4 Å². The van der Waals surface area contributed by atoms with Gasteiger partial charge in [0.2, 0.25) is 5.91 Å². The second-order valence-electron chi connectivity index (χ2n) is 8.33. The number of nitrogens with one attached hydrogen (secondary N) is 1. The monoisotopic (exact) mass is 479 g/mol. The molecular formula is C24H25N5O2S2. The molecule has 1 fully saturated rings. The van der Waals surface area contributed by atoms with Crippen molar-refractivity contribution in [3.05, 3.63) is 57.2 Å². The quantitative estimate of drug-likeness (QED) is 0.444. The first-order valence-corrected chi connectivity index (χ1v) is 12.8. The van der Waals surface area contributed by atoms with Crippen LogP contribution in [0, 0.1) is 13.8 Å². The largest absolute Gasteiger partial charge is 0.348 e. The number of carbonyl (C=O) groups is 1. The Morgan fingerprint density at radius 1 is 1.09 bits per heavy atom. The zero-order valence-electron chi connectivity index (χ0n) is 18.6. The van der Waals surface area contributed by atoms with Crippen molar-refractivity contribution in [2.24, 2.45) is 0 Å². The number of anilines is 2. The molecule has 5 rings (SSSR count). The number of fused-ring (bicyclic) bond motifs is 1. The van der Waals surface area contributed by atoms with Crippen LogP contribution in [0.4, 0.5) is 10.8 Å². The minimum atomic E-state index is -0.332. The highest BCUT2D eigenvalue weighted by Gasteiger charge is 2.22. The van der Waals surface area contributed by atoms with Crippen LogP contribution in [0.5, 0.6) is 0 Å². The van der Waals surface area contributed by atoms with E-state index >= 15 is 0 Å². The Morgan fingerprint density at radius 2 is 1.85 bits per heavy atom. The van der Waals surface area contributed by atoms with Crippen molar-refractivity contribution < 1.29 is 4.79 Å². The zero-order chi connectivity index (χ0) is 22.9. The summed E-state index contributed by atoms with van der Waals surface area (Å²) in [5, 5.41) is 10.4. The van der Waals surface area contributed by atoms with E-state index in [9.17, 15) is 9.59 Å². The molecule has 1 aromatic carbocycles. The summed E-state index contributed by atoms with van der Waals surface area (Å²) < 4.78 is 2.04. The highest BCUT2D eigenvalue weighted by Crippen LogP contribution is 2.36. The first-order chi connectivity index (χ1) is 16.0. The van der Waals surface area contributed by atoms with E-state index in [0.717, 1.165) is 57.5 Å². The number of benzene rings is 1. The number of carbonyl (C=O) groups excluding carboxylic acids is 1. The fraction of sp³-hybridized carbons (Fsp3) is 0.333. The lowest BCUT2D eigenvalue weighted by Crippen LogP contribution is -2.31. The Hall–Kier alpha value is -3.04. The third-order valence-corrected chi connectivity index (χ3v) is 7.91. The van der Waals surface area contributed by atoms with Crippen molar-refractivity contribution in [2.75, 3.05) is 23.3 Å². The van der Waals surface area contributed by atoms with Gasteiger partial charge in [-0.05, 0) is 55.7 Å². The number of amides is 1. The lowest BCUT2D eigenvalue weighted by molar-refractivity contribution is -0.117. The highest BCUT2D eigenvalue weighted by molar-refractivity contribution is 7.23. The van der Waals surface area contributed by atoms with Crippen molar-refractivity contribution >= 4 is 49.6 Å². The zero-order valence-corrected chi connectivity index (χ0v) is 20.3. The third-order valence-electron chi connectivity index (χ3n) is 5.91. The molecule has 0 atom stereocenters. The average Bonchev–Trinajstić information content (AvgIpc) is 3.50. The van der Waals surface area contributed by atoms with E-state index in [0.29, 0.717) is 11.2 Å². The Labute approximate surface area is 199 Å². The number of hydrogen-bond donors (Lipinski definition) is 1. The van der Waals surface area contributed by atoms with Gasteiger partial charge in [0.15, 0.2) is 10.6 Å². The molecule has 1 N–H and O–H groups in total. The Balaban J connectivity index is 1.54. The standard InChI is InChI=1S/C24H25N5O2S2/c1-15-8-6-9-16(2)19(15)25-18(30)14-29-23(31)21-22(20(27-29)17-10-7-13-32-17)33-24(26-21)28-11-4-3-5-12-28/h6-10,13H,3-5,11-12,14H2,1-2H3,(H,25,30). The summed E-state index contributed by atoms with van der Waals surface area (Å²) in [5.74, 6) is -0.287. The molecule has 0 saturated carbocycles. The molecule has 9 heteroatoms. The molecule has 0 radical (unpaired) electrons. The molecule has 3 aromatic heterocycles. The van der Waals surface area contributed by atoms with E-state index in [4.69, 9.17) is 4.98 Å². The van der Waals surface area contributed by atoms with Crippen LogP contribution < -0.4 is 15.8 Å². The number of thiazole rings is 1. The molecule has 4 aromatic rings. The van der Waals surface area contributed by atoms with E-state index in [2.05, 4.69) is 15.3 Å². The molecule has 33 heavy (non-hydrogen) atoms. The number of aryl methyl sites for hydroxylation is 2. The molecule has 0 aliphatic carbocycles. The maximum absolute atomic E-state index is 13.3. The second-order valence-corrected chi connectivity index (χ2v) is 10.3. The summed E-state index contributed by atoms with van der Waals surface area (Å²) in [7, 11) is 0. The highest BCUT2D eigenvalue weighted by atomic mass is 32.1. The normalized spacial score (nSPS) is 14.1. The maximum Gasteiger partial charge on any atom is 0.294 e. The van der Waals surface area contributed by atoms with Crippen molar-refractivity contribution in [3.63, 3.8) is 0 Å². The Bertz CT molecular complexity index is 1350. The Kier molecular flexibility index (Phi) is 5.99. The van der Waals surface area contributed by atoms with Gasteiger partial charge in [0.25, 0.3) is 5.56 Å². The van der Waals surface area contributed by atoms with E-state index in [1.165, 1.54) is 22.4 Å². The fourth-order valence-corrected chi connectivity index (χ4v) is 6.07. The molecule has 1 aliphatic heterocycles. The molecule has 0 bridgehead atoms. The van der Waals surface area contributed by atoms with Gasteiger partial charge >= 0.3 is 0 Å². The summed E-state index contributed by atoms with van der Waals surface area (Å²) in [6.45, 7) is 5.64. The second kappa shape index (κ2) is 9.07. The SMILES string of the molecule is Cc1cccc(C)c1NC(=O)Cn1nc(-c2cccs2)c2sc(N3CCCCC3)nc2c1=O. The van der Waals surface area contributed by atoms with Gasteiger partial charge in [-0.25, -0.2) is 9.67 Å². The molecule has 4 heterocycles. The van der Waals surface area contributed by atoms with E-state index in [-0.39, 0.29) is 18.0 Å². The number of nitrogens with zero attached hydrogens (tertiary/aromatic N) is 4. The van der Waals surface area contributed by atoms with Crippen molar-refractivity contribution in [1.82, 2.24) is 14.8 Å². The van der Waals surface area contributed by atoms with Crippen molar-refractivity contribution in [3.8, 4) is 10.6 Å². The van der Waals surface area contributed by atoms with Crippen molar-refractivity contribution in [2.45, 2.75) is 39.7 Å². The van der Waals surface area contributed by atoms with Gasteiger partial charge in [-0.15, -0.1) is 11.3 Å². The molecule has 1 amide bonds. The van der Waals surface area contributed by atoms with Gasteiger partial charge in [-0.2, -0.15) is 5.10 Å². The molecule has 1 saturated heterocycles. The van der Waals surface area contributed by atoms with Gasteiger partial charge in [-0.1, -0.05) is 35.6 Å². The predicted molar refractivity (Wildman–Crippen MR) is 136 cm³/mol. The number of para-hydroxylation sites is 1. The lowest BCUT2D eigenvalue weighted by atomic mass is 10.1. The van der Waals surface area contributed by atoms with Gasteiger partial charge in [0, 0.05) is 18.8 Å². The molecule has 0 spiro atoms. The van der Waals surface area contributed by atoms with Crippen LogP contribution >= 0.6 is 22.7 Å². The summed E-state index contributed by atoms with van der Waals surface area (Å²) in [6, 6.07) is 9.80.